The van der Waals surface area contributed by atoms with Crippen molar-refractivity contribution in [2.75, 3.05) is 39.9 Å². The maximum Gasteiger partial charge on any atom is 0.257 e. The van der Waals surface area contributed by atoms with Crippen molar-refractivity contribution < 1.29 is 14.3 Å². The molecule has 3 rings (SSSR count). The summed E-state index contributed by atoms with van der Waals surface area (Å²) in [4.78, 5) is 13.9. The molecule has 0 aromatic heterocycles. The first-order valence-corrected chi connectivity index (χ1v) is 8.74. The maximum absolute atomic E-state index is 11.3. The third kappa shape index (κ3) is 4.93. The van der Waals surface area contributed by atoms with Crippen molar-refractivity contribution in [1.29, 1.82) is 0 Å². The fraction of sp³-hybridized carbons (Fsp3) is 0.611. The number of nitrogens with one attached hydrogen (secondary N) is 2. The normalized spacial score (nSPS) is 21.5. The molecule has 2 aliphatic rings. The second-order valence-electron chi connectivity index (χ2n) is 6.42. The lowest BCUT2D eigenvalue weighted by Gasteiger charge is -2.33. The van der Waals surface area contributed by atoms with Gasteiger partial charge in [-0.1, -0.05) is 18.2 Å². The Morgan fingerprint density at radius 2 is 2.21 bits per heavy atom. The average Bonchev–Trinajstić information content (AvgIpc) is 3.46. The molecular weight excluding hydrogens is 306 g/mol. The number of para-hydroxylation sites is 1. The topological polar surface area (TPSA) is 62.8 Å². The van der Waals surface area contributed by atoms with Gasteiger partial charge < -0.3 is 20.1 Å². The van der Waals surface area contributed by atoms with Crippen LogP contribution in [0.5, 0.6) is 5.75 Å². The molecule has 1 aromatic rings. The molecule has 0 radical (unpaired) electrons. The lowest BCUT2D eigenvalue weighted by Crippen LogP contribution is -2.47. The lowest BCUT2D eigenvalue weighted by molar-refractivity contribution is -0.122. The number of benzene rings is 1. The van der Waals surface area contributed by atoms with Gasteiger partial charge in [0, 0.05) is 44.8 Å². The summed E-state index contributed by atoms with van der Waals surface area (Å²) < 4.78 is 11.5. The number of morpholine rings is 1. The molecule has 2 N–H and O–H groups in total. The van der Waals surface area contributed by atoms with E-state index in [9.17, 15) is 4.79 Å². The van der Waals surface area contributed by atoms with E-state index in [-0.39, 0.29) is 18.6 Å². The number of likely N-dealkylation sites (N-methyl/N-ethyl adjacent to an activating group) is 1. The fourth-order valence-corrected chi connectivity index (χ4v) is 3.01. The van der Waals surface area contributed by atoms with Crippen molar-refractivity contribution in [1.82, 2.24) is 15.5 Å². The summed E-state index contributed by atoms with van der Waals surface area (Å²) in [6.07, 6.45) is 2.94. The van der Waals surface area contributed by atoms with Crippen LogP contribution >= 0.6 is 0 Å². The standard InChI is InChI=1S/C18H27N3O3/c1-19-18(22)13-24-17-5-3-2-4-14(17)10-20-11-16-12-21(8-9-23-16)15-6-7-15/h2-5,15-16,20H,6-13H2,1H3,(H,19,22)/t16-/m0/s1. The van der Waals surface area contributed by atoms with Gasteiger partial charge >= 0.3 is 0 Å². The molecule has 6 nitrogen and oxygen atoms in total. The highest BCUT2D eigenvalue weighted by Gasteiger charge is 2.32. The first kappa shape index (κ1) is 17.2. The molecule has 1 saturated carbocycles. The Balaban J connectivity index is 1.45. The molecule has 0 spiro atoms. The molecule has 132 valence electrons. The van der Waals surface area contributed by atoms with Crippen molar-refractivity contribution in [3.63, 3.8) is 0 Å². The molecule has 1 saturated heterocycles. The van der Waals surface area contributed by atoms with Crippen molar-refractivity contribution in [3.05, 3.63) is 29.8 Å². The van der Waals surface area contributed by atoms with Crippen molar-refractivity contribution in [3.8, 4) is 5.75 Å². The van der Waals surface area contributed by atoms with E-state index in [1.165, 1.54) is 12.8 Å². The van der Waals surface area contributed by atoms with Crippen LogP contribution < -0.4 is 15.4 Å². The van der Waals surface area contributed by atoms with Crippen LogP contribution in [0.25, 0.3) is 0 Å². The molecular formula is C18H27N3O3. The SMILES string of the molecule is CNC(=O)COc1ccccc1CNC[C@H]1CN(C2CC2)CCO1. The van der Waals surface area contributed by atoms with Gasteiger partial charge in [0.25, 0.3) is 5.91 Å². The van der Waals surface area contributed by atoms with Crippen LogP contribution in [0, 0.1) is 0 Å². The minimum absolute atomic E-state index is 0.0373. The summed E-state index contributed by atoms with van der Waals surface area (Å²) in [5.41, 5.74) is 1.05. The summed E-state index contributed by atoms with van der Waals surface area (Å²) >= 11 is 0. The summed E-state index contributed by atoms with van der Waals surface area (Å²) in [5, 5.41) is 6.02. The van der Waals surface area contributed by atoms with Gasteiger partial charge in [-0.05, 0) is 18.9 Å². The van der Waals surface area contributed by atoms with Gasteiger partial charge in [0.15, 0.2) is 6.61 Å². The molecule has 2 fully saturated rings. The van der Waals surface area contributed by atoms with Crippen molar-refractivity contribution in [2.45, 2.75) is 31.5 Å². The average molecular weight is 333 g/mol. The van der Waals surface area contributed by atoms with Crippen LogP contribution in [0.2, 0.25) is 0 Å². The highest BCUT2D eigenvalue weighted by molar-refractivity contribution is 5.77. The molecule has 0 bridgehead atoms. The predicted octanol–water partition coefficient (Wildman–Crippen LogP) is 0.764. The molecule has 1 amide bonds. The van der Waals surface area contributed by atoms with E-state index in [1.54, 1.807) is 7.05 Å². The zero-order valence-corrected chi connectivity index (χ0v) is 14.3. The Hall–Kier alpha value is -1.63. The number of ether oxygens (including phenoxy) is 2. The fourth-order valence-electron chi connectivity index (χ4n) is 3.01. The van der Waals surface area contributed by atoms with Crippen LogP contribution in [0.15, 0.2) is 24.3 Å². The molecule has 6 heteroatoms. The third-order valence-corrected chi connectivity index (χ3v) is 4.53. The van der Waals surface area contributed by atoms with Gasteiger partial charge in [0.1, 0.15) is 5.75 Å². The highest BCUT2D eigenvalue weighted by atomic mass is 16.5. The number of nitrogens with zero attached hydrogens (tertiary/aromatic N) is 1. The minimum atomic E-state index is -0.131. The molecule has 1 aromatic carbocycles. The number of hydrogen-bond donors (Lipinski definition) is 2. The Morgan fingerprint density at radius 1 is 1.38 bits per heavy atom. The first-order chi connectivity index (χ1) is 11.8. The van der Waals surface area contributed by atoms with Gasteiger partial charge in [0.2, 0.25) is 0 Å². The third-order valence-electron chi connectivity index (χ3n) is 4.53. The van der Waals surface area contributed by atoms with Crippen LogP contribution in [-0.2, 0) is 16.1 Å². The highest BCUT2D eigenvalue weighted by Crippen LogP contribution is 2.28. The second-order valence-corrected chi connectivity index (χ2v) is 6.42. The quantitative estimate of drug-likeness (QED) is 0.736. The van der Waals surface area contributed by atoms with E-state index in [0.29, 0.717) is 6.54 Å². The molecule has 1 atom stereocenters. The van der Waals surface area contributed by atoms with E-state index in [0.717, 1.165) is 43.6 Å². The number of amides is 1. The van der Waals surface area contributed by atoms with Gasteiger partial charge in [-0.2, -0.15) is 0 Å². The Labute approximate surface area is 143 Å². The summed E-state index contributed by atoms with van der Waals surface area (Å²) in [5.74, 6) is 0.617. The van der Waals surface area contributed by atoms with E-state index < -0.39 is 0 Å². The van der Waals surface area contributed by atoms with E-state index in [2.05, 4.69) is 15.5 Å². The molecule has 1 heterocycles. The minimum Gasteiger partial charge on any atom is -0.483 e. The second kappa shape index (κ2) is 8.46. The van der Waals surface area contributed by atoms with Crippen LogP contribution in [0.3, 0.4) is 0 Å². The first-order valence-electron chi connectivity index (χ1n) is 8.74. The molecule has 0 unspecified atom stereocenters. The van der Waals surface area contributed by atoms with E-state index >= 15 is 0 Å². The van der Waals surface area contributed by atoms with E-state index in [4.69, 9.17) is 9.47 Å². The zero-order chi connectivity index (χ0) is 16.8. The van der Waals surface area contributed by atoms with Crippen LogP contribution in [-0.4, -0.2) is 62.8 Å². The van der Waals surface area contributed by atoms with Crippen molar-refractivity contribution in [2.24, 2.45) is 0 Å². The van der Waals surface area contributed by atoms with Crippen molar-refractivity contribution >= 4 is 5.91 Å². The molecule has 1 aliphatic carbocycles. The smallest absolute Gasteiger partial charge is 0.257 e. The van der Waals surface area contributed by atoms with E-state index in [1.807, 2.05) is 24.3 Å². The number of carbonyl (C=O) groups is 1. The monoisotopic (exact) mass is 333 g/mol. The van der Waals surface area contributed by atoms with Crippen LogP contribution in [0.4, 0.5) is 0 Å². The number of hydrogen-bond acceptors (Lipinski definition) is 5. The Bertz CT molecular complexity index is 548. The van der Waals surface area contributed by atoms with Gasteiger partial charge in [-0.15, -0.1) is 0 Å². The van der Waals surface area contributed by atoms with Crippen LogP contribution in [0.1, 0.15) is 18.4 Å². The molecule has 1 aliphatic heterocycles. The largest absolute Gasteiger partial charge is 0.483 e. The lowest BCUT2D eigenvalue weighted by atomic mass is 10.2. The summed E-state index contributed by atoms with van der Waals surface area (Å²) in [6.45, 7) is 4.48. The number of carbonyl (C=O) groups excluding carboxylic acids is 1. The summed E-state index contributed by atoms with van der Waals surface area (Å²) in [7, 11) is 1.61. The Kier molecular flexibility index (Phi) is 6.07. The summed E-state index contributed by atoms with van der Waals surface area (Å²) in [6, 6.07) is 8.61. The zero-order valence-electron chi connectivity index (χ0n) is 14.3. The maximum atomic E-state index is 11.3. The predicted molar refractivity (Wildman–Crippen MR) is 92.0 cm³/mol. The van der Waals surface area contributed by atoms with Gasteiger partial charge in [0.05, 0.1) is 12.7 Å². The molecule has 24 heavy (non-hydrogen) atoms. The number of rotatable bonds is 8. The van der Waals surface area contributed by atoms with Gasteiger partial charge in [-0.3, -0.25) is 9.69 Å². The van der Waals surface area contributed by atoms with Gasteiger partial charge in [-0.25, -0.2) is 0 Å². The Morgan fingerprint density at radius 3 is 3.00 bits per heavy atom.